The van der Waals surface area contributed by atoms with Gasteiger partial charge >= 0.3 is 0 Å². The summed E-state index contributed by atoms with van der Waals surface area (Å²) in [7, 11) is 0. The number of fused-ring (bicyclic) bond motifs is 4. The van der Waals surface area contributed by atoms with Gasteiger partial charge in [-0.15, -0.1) is 11.3 Å². The van der Waals surface area contributed by atoms with Crippen LogP contribution in [-0.4, -0.2) is 34.7 Å². The summed E-state index contributed by atoms with van der Waals surface area (Å²) in [5.74, 6) is 0.487. The second-order valence-electron chi connectivity index (χ2n) is 9.80. The third-order valence-corrected chi connectivity index (χ3v) is 8.79. The fourth-order valence-corrected chi connectivity index (χ4v) is 7.12. The second kappa shape index (κ2) is 9.18. The molecule has 3 nitrogen and oxygen atoms in total. The quantitative estimate of drug-likeness (QED) is 0.305. The SMILES string of the molecule is Oc1ccc2c3c(sc2c1)Cc1ccccc1C3c1ccc(C(O)CCN2CCCCC2)cc1. The standard InChI is InChI=1S/C30H31NO2S/c32-23-12-13-25-27(19-23)34-28-18-22-6-2-3-7-24(22)29(30(25)28)21-10-8-20(9-11-21)26(33)14-17-31-15-4-1-5-16-31/h2-3,6-13,19,26,29,32-33H,1,4-5,14-18H2. The van der Waals surface area contributed by atoms with Crippen molar-refractivity contribution >= 4 is 21.4 Å². The Balaban J connectivity index is 1.32. The Hall–Kier alpha value is -2.66. The van der Waals surface area contributed by atoms with E-state index in [1.165, 1.54) is 64.9 Å². The van der Waals surface area contributed by atoms with E-state index in [4.69, 9.17) is 0 Å². The molecule has 0 radical (unpaired) electrons. The van der Waals surface area contributed by atoms with Crippen LogP contribution in [0.2, 0.25) is 0 Å². The van der Waals surface area contributed by atoms with E-state index in [9.17, 15) is 10.2 Å². The lowest BCUT2D eigenvalue weighted by Crippen LogP contribution is -2.31. The number of aliphatic hydroxyl groups excluding tert-OH is 1. The van der Waals surface area contributed by atoms with E-state index in [0.29, 0.717) is 5.75 Å². The largest absolute Gasteiger partial charge is 0.508 e. The maximum atomic E-state index is 10.9. The zero-order valence-corrected chi connectivity index (χ0v) is 20.2. The molecule has 2 aliphatic rings. The monoisotopic (exact) mass is 469 g/mol. The topological polar surface area (TPSA) is 43.7 Å². The van der Waals surface area contributed by atoms with Crippen molar-refractivity contribution in [2.45, 2.75) is 44.1 Å². The number of likely N-dealkylation sites (tertiary alicyclic amines) is 1. The third-order valence-electron chi connectivity index (χ3n) is 7.62. The van der Waals surface area contributed by atoms with Crippen molar-refractivity contribution in [2.75, 3.05) is 19.6 Å². The van der Waals surface area contributed by atoms with Gasteiger partial charge in [-0.3, -0.25) is 0 Å². The number of hydrogen-bond acceptors (Lipinski definition) is 4. The highest BCUT2D eigenvalue weighted by Gasteiger charge is 2.30. The van der Waals surface area contributed by atoms with Crippen LogP contribution in [0.3, 0.4) is 0 Å². The van der Waals surface area contributed by atoms with Crippen LogP contribution in [0, 0.1) is 0 Å². The number of phenols is 1. The summed E-state index contributed by atoms with van der Waals surface area (Å²) in [6.45, 7) is 3.30. The number of hydrogen-bond donors (Lipinski definition) is 2. The predicted molar refractivity (Wildman–Crippen MR) is 140 cm³/mol. The van der Waals surface area contributed by atoms with Crippen molar-refractivity contribution in [2.24, 2.45) is 0 Å². The molecule has 34 heavy (non-hydrogen) atoms. The molecule has 3 aromatic carbocycles. The molecule has 1 fully saturated rings. The van der Waals surface area contributed by atoms with E-state index in [1.54, 1.807) is 17.4 Å². The molecule has 0 bridgehead atoms. The van der Waals surface area contributed by atoms with Gasteiger partial charge in [0.1, 0.15) is 5.75 Å². The summed E-state index contributed by atoms with van der Waals surface area (Å²) in [6.07, 6.45) is 5.21. The maximum absolute atomic E-state index is 10.9. The van der Waals surface area contributed by atoms with E-state index >= 15 is 0 Å². The smallest absolute Gasteiger partial charge is 0.117 e. The minimum absolute atomic E-state index is 0.165. The summed E-state index contributed by atoms with van der Waals surface area (Å²) in [4.78, 5) is 3.87. The first kappa shape index (κ1) is 21.8. The van der Waals surface area contributed by atoms with E-state index in [0.717, 1.165) is 29.6 Å². The van der Waals surface area contributed by atoms with Crippen LogP contribution in [0.4, 0.5) is 0 Å². The van der Waals surface area contributed by atoms with E-state index in [1.807, 2.05) is 6.07 Å². The number of piperidine rings is 1. The van der Waals surface area contributed by atoms with Crippen molar-refractivity contribution in [3.8, 4) is 5.75 Å². The predicted octanol–water partition coefficient (Wildman–Crippen LogP) is 6.60. The lowest BCUT2D eigenvalue weighted by atomic mass is 9.76. The minimum Gasteiger partial charge on any atom is -0.508 e. The highest BCUT2D eigenvalue weighted by atomic mass is 32.1. The molecule has 2 unspecified atom stereocenters. The van der Waals surface area contributed by atoms with Gasteiger partial charge in [0.05, 0.1) is 6.10 Å². The maximum Gasteiger partial charge on any atom is 0.117 e. The summed E-state index contributed by atoms with van der Waals surface area (Å²) in [5.41, 5.74) is 6.37. The Morgan fingerprint density at radius 3 is 2.56 bits per heavy atom. The van der Waals surface area contributed by atoms with Crippen molar-refractivity contribution in [1.29, 1.82) is 0 Å². The van der Waals surface area contributed by atoms with Crippen molar-refractivity contribution in [1.82, 2.24) is 4.90 Å². The fraction of sp³-hybridized carbons (Fsp3) is 0.333. The first-order valence-corrected chi connectivity index (χ1v) is 13.3. The zero-order valence-electron chi connectivity index (χ0n) is 19.4. The first-order chi connectivity index (χ1) is 16.7. The summed E-state index contributed by atoms with van der Waals surface area (Å²) in [5, 5.41) is 22.1. The zero-order chi connectivity index (χ0) is 23.1. The van der Waals surface area contributed by atoms with E-state index < -0.39 is 6.10 Å². The molecular formula is C30H31NO2S. The van der Waals surface area contributed by atoms with Crippen LogP contribution in [0.25, 0.3) is 10.1 Å². The van der Waals surface area contributed by atoms with Gasteiger partial charge < -0.3 is 15.1 Å². The average Bonchev–Trinajstić information content (AvgIpc) is 3.23. The first-order valence-electron chi connectivity index (χ1n) is 12.5. The van der Waals surface area contributed by atoms with Gasteiger partial charge in [-0.1, -0.05) is 55.0 Å². The molecular weight excluding hydrogens is 438 g/mol. The Kier molecular flexibility index (Phi) is 5.90. The Morgan fingerprint density at radius 1 is 0.941 bits per heavy atom. The Labute approximate surface area is 205 Å². The lowest BCUT2D eigenvalue weighted by molar-refractivity contribution is 0.134. The highest BCUT2D eigenvalue weighted by Crippen LogP contribution is 2.48. The number of aliphatic hydroxyl groups is 1. The average molecular weight is 470 g/mol. The molecule has 174 valence electrons. The van der Waals surface area contributed by atoms with Crippen molar-refractivity contribution in [3.05, 3.63) is 99.4 Å². The van der Waals surface area contributed by atoms with Gasteiger partial charge in [0, 0.05) is 28.5 Å². The molecule has 6 rings (SSSR count). The lowest BCUT2D eigenvalue weighted by Gasteiger charge is -2.28. The summed E-state index contributed by atoms with van der Waals surface area (Å²) < 4.78 is 1.15. The van der Waals surface area contributed by atoms with Gasteiger partial charge in [0.15, 0.2) is 0 Å². The molecule has 1 aliphatic carbocycles. The molecule has 0 spiro atoms. The number of thiophene rings is 1. The van der Waals surface area contributed by atoms with Crippen LogP contribution >= 0.6 is 11.3 Å². The van der Waals surface area contributed by atoms with Gasteiger partial charge in [0.2, 0.25) is 0 Å². The van der Waals surface area contributed by atoms with Crippen LogP contribution in [-0.2, 0) is 6.42 Å². The number of benzene rings is 3. The second-order valence-corrected chi connectivity index (χ2v) is 10.9. The molecule has 0 amide bonds. The van der Waals surface area contributed by atoms with Crippen LogP contribution in [0.1, 0.15) is 70.4 Å². The van der Waals surface area contributed by atoms with Crippen molar-refractivity contribution in [3.63, 3.8) is 0 Å². The number of rotatable bonds is 5. The van der Waals surface area contributed by atoms with Gasteiger partial charge in [-0.05, 0) is 83.8 Å². The van der Waals surface area contributed by atoms with Crippen LogP contribution in [0.5, 0.6) is 5.75 Å². The third kappa shape index (κ3) is 4.04. The van der Waals surface area contributed by atoms with E-state index in [2.05, 4.69) is 59.5 Å². The van der Waals surface area contributed by atoms with Crippen LogP contribution in [0.15, 0.2) is 66.7 Å². The van der Waals surface area contributed by atoms with Crippen LogP contribution < -0.4 is 0 Å². The van der Waals surface area contributed by atoms with Gasteiger partial charge in [0.25, 0.3) is 0 Å². The number of aromatic hydroxyl groups is 1. The van der Waals surface area contributed by atoms with Gasteiger partial charge in [-0.25, -0.2) is 0 Å². The molecule has 1 aromatic heterocycles. The summed E-state index contributed by atoms with van der Waals surface area (Å²) >= 11 is 1.80. The molecule has 2 N–H and O–H groups in total. The molecule has 0 saturated carbocycles. The molecule has 4 heteroatoms. The molecule has 1 aliphatic heterocycles. The molecule has 2 atom stereocenters. The van der Waals surface area contributed by atoms with Gasteiger partial charge in [-0.2, -0.15) is 0 Å². The molecule has 4 aromatic rings. The Morgan fingerprint density at radius 2 is 1.74 bits per heavy atom. The Bertz CT molecular complexity index is 1300. The molecule has 2 heterocycles. The molecule has 1 saturated heterocycles. The highest BCUT2D eigenvalue weighted by molar-refractivity contribution is 7.19. The van der Waals surface area contributed by atoms with Crippen molar-refractivity contribution < 1.29 is 10.2 Å². The minimum atomic E-state index is -0.421. The van der Waals surface area contributed by atoms with E-state index in [-0.39, 0.29) is 5.92 Å². The fourth-order valence-electron chi connectivity index (χ4n) is 5.82. The summed E-state index contributed by atoms with van der Waals surface area (Å²) in [6, 6.07) is 23.2. The normalized spacial score (nSPS) is 19.0. The number of nitrogens with zero attached hydrogens (tertiary/aromatic N) is 1. The number of phenolic OH excluding ortho intramolecular Hbond substituents is 1.